The minimum Gasteiger partial charge on any atom is -0.435 e. The van der Waals surface area contributed by atoms with Crippen LogP contribution in [-0.2, 0) is 0 Å². The van der Waals surface area contributed by atoms with Crippen molar-refractivity contribution in [3.05, 3.63) is 24.3 Å². The van der Waals surface area contributed by atoms with E-state index in [0.29, 0.717) is 18.0 Å². The predicted molar refractivity (Wildman–Crippen MR) is 81.1 cm³/mol. The summed E-state index contributed by atoms with van der Waals surface area (Å²) in [7, 11) is 0. The quantitative estimate of drug-likeness (QED) is 0.900. The molecule has 0 aromatic heterocycles. The van der Waals surface area contributed by atoms with Crippen LogP contribution in [0.25, 0.3) is 0 Å². The highest BCUT2D eigenvalue weighted by molar-refractivity contribution is 5.51. The van der Waals surface area contributed by atoms with E-state index in [1.54, 1.807) is 12.1 Å². The Labute approximate surface area is 125 Å². The van der Waals surface area contributed by atoms with Crippen molar-refractivity contribution in [2.75, 3.05) is 18.0 Å². The SMILES string of the molecule is CCC1CN(c2ccc(OC(F)F)cc2)C(C(C)C)CN1. The summed E-state index contributed by atoms with van der Waals surface area (Å²) in [6.45, 7) is 5.70. The van der Waals surface area contributed by atoms with Gasteiger partial charge in [-0.3, -0.25) is 0 Å². The number of ether oxygens (including phenoxy) is 1. The van der Waals surface area contributed by atoms with Crippen molar-refractivity contribution in [3.63, 3.8) is 0 Å². The number of hydrogen-bond acceptors (Lipinski definition) is 3. The maximum atomic E-state index is 12.2. The van der Waals surface area contributed by atoms with Crippen molar-refractivity contribution in [1.29, 1.82) is 0 Å². The van der Waals surface area contributed by atoms with Crippen LogP contribution in [0, 0.1) is 5.92 Å². The Morgan fingerprint density at radius 1 is 1.29 bits per heavy atom. The van der Waals surface area contributed by atoms with Crippen molar-refractivity contribution >= 4 is 5.69 Å². The normalized spacial score (nSPS) is 22.9. The van der Waals surface area contributed by atoms with Gasteiger partial charge in [0.15, 0.2) is 0 Å². The minimum atomic E-state index is -2.78. The first-order chi connectivity index (χ1) is 10.0. The second-order valence-corrected chi connectivity index (χ2v) is 5.85. The third kappa shape index (κ3) is 4.06. The van der Waals surface area contributed by atoms with Crippen LogP contribution < -0.4 is 15.0 Å². The number of rotatable bonds is 5. The first kappa shape index (κ1) is 16.0. The molecule has 1 N–H and O–H groups in total. The molecule has 0 spiro atoms. The van der Waals surface area contributed by atoms with Gasteiger partial charge in [0.2, 0.25) is 0 Å². The van der Waals surface area contributed by atoms with Crippen molar-refractivity contribution < 1.29 is 13.5 Å². The standard InChI is InChI=1S/C16H24F2N2O/c1-4-12-10-20(15(9-19-12)11(2)3)13-5-7-14(8-6-13)21-16(17)18/h5-8,11-12,15-16,19H,4,9-10H2,1-3H3. The topological polar surface area (TPSA) is 24.5 Å². The average Bonchev–Trinajstić information content (AvgIpc) is 2.46. The van der Waals surface area contributed by atoms with Crippen LogP contribution >= 0.6 is 0 Å². The lowest BCUT2D eigenvalue weighted by molar-refractivity contribution is -0.0498. The molecule has 1 heterocycles. The van der Waals surface area contributed by atoms with Gasteiger partial charge in [-0.15, -0.1) is 0 Å². The van der Waals surface area contributed by atoms with E-state index in [1.807, 2.05) is 12.1 Å². The molecule has 0 bridgehead atoms. The Bertz CT molecular complexity index is 436. The van der Waals surface area contributed by atoms with Gasteiger partial charge in [-0.2, -0.15) is 8.78 Å². The molecular weight excluding hydrogens is 274 g/mol. The Morgan fingerprint density at radius 2 is 1.95 bits per heavy atom. The zero-order valence-electron chi connectivity index (χ0n) is 12.9. The molecule has 1 fully saturated rings. The highest BCUT2D eigenvalue weighted by Gasteiger charge is 2.29. The lowest BCUT2D eigenvalue weighted by Gasteiger charge is -2.43. The molecule has 1 aromatic carbocycles. The lowest BCUT2D eigenvalue weighted by atomic mass is 9.97. The van der Waals surface area contributed by atoms with Gasteiger partial charge >= 0.3 is 6.61 Å². The largest absolute Gasteiger partial charge is 0.435 e. The van der Waals surface area contributed by atoms with Crippen LogP contribution in [0.4, 0.5) is 14.5 Å². The first-order valence-electron chi connectivity index (χ1n) is 7.56. The number of nitrogens with zero attached hydrogens (tertiary/aromatic N) is 1. The number of piperazine rings is 1. The monoisotopic (exact) mass is 298 g/mol. The van der Waals surface area contributed by atoms with Crippen molar-refractivity contribution in [2.45, 2.75) is 45.9 Å². The molecule has 0 aliphatic carbocycles. The van der Waals surface area contributed by atoms with Gasteiger partial charge in [-0.1, -0.05) is 20.8 Å². The molecule has 2 rings (SSSR count). The molecule has 2 atom stereocenters. The van der Waals surface area contributed by atoms with E-state index >= 15 is 0 Å². The van der Waals surface area contributed by atoms with E-state index in [4.69, 9.17) is 0 Å². The summed E-state index contributed by atoms with van der Waals surface area (Å²) in [6.07, 6.45) is 1.08. The Kier molecular flexibility index (Phi) is 5.39. The van der Waals surface area contributed by atoms with Crippen molar-refractivity contribution in [2.24, 2.45) is 5.92 Å². The fraction of sp³-hybridized carbons (Fsp3) is 0.625. The Hall–Kier alpha value is -1.36. The molecule has 118 valence electrons. The van der Waals surface area contributed by atoms with Gasteiger partial charge in [-0.05, 0) is 36.6 Å². The molecule has 21 heavy (non-hydrogen) atoms. The van der Waals surface area contributed by atoms with Gasteiger partial charge in [0, 0.05) is 30.9 Å². The van der Waals surface area contributed by atoms with Gasteiger partial charge in [-0.25, -0.2) is 0 Å². The molecule has 3 nitrogen and oxygen atoms in total. The fourth-order valence-corrected chi connectivity index (χ4v) is 2.82. The smallest absolute Gasteiger partial charge is 0.387 e. The Morgan fingerprint density at radius 3 is 2.48 bits per heavy atom. The predicted octanol–water partition coefficient (Wildman–Crippen LogP) is 3.50. The third-order valence-electron chi connectivity index (χ3n) is 4.09. The maximum Gasteiger partial charge on any atom is 0.387 e. The summed E-state index contributed by atoms with van der Waals surface area (Å²) in [5.41, 5.74) is 1.07. The molecule has 1 aromatic rings. The number of benzene rings is 1. The number of hydrogen-bond donors (Lipinski definition) is 1. The summed E-state index contributed by atoms with van der Waals surface area (Å²) >= 11 is 0. The van der Waals surface area contributed by atoms with Gasteiger partial charge in [0.1, 0.15) is 5.75 Å². The van der Waals surface area contributed by atoms with Crippen LogP contribution in [0.1, 0.15) is 27.2 Å². The fourth-order valence-electron chi connectivity index (χ4n) is 2.82. The summed E-state index contributed by atoms with van der Waals surface area (Å²) in [5, 5.41) is 3.57. The Balaban J connectivity index is 2.15. The molecule has 0 saturated carbocycles. The van der Waals surface area contributed by atoms with Crippen molar-refractivity contribution in [1.82, 2.24) is 5.32 Å². The van der Waals surface area contributed by atoms with Crippen LogP contribution in [0.2, 0.25) is 0 Å². The second kappa shape index (κ2) is 7.07. The molecule has 1 aliphatic heterocycles. The average molecular weight is 298 g/mol. The van der Waals surface area contributed by atoms with Crippen LogP contribution in [0.5, 0.6) is 5.75 Å². The molecule has 0 radical (unpaired) electrons. The number of nitrogens with one attached hydrogen (secondary N) is 1. The van der Waals surface area contributed by atoms with E-state index in [0.717, 1.165) is 25.2 Å². The van der Waals surface area contributed by atoms with E-state index in [9.17, 15) is 8.78 Å². The third-order valence-corrected chi connectivity index (χ3v) is 4.09. The zero-order valence-corrected chi connectivity index (χ0v) is 12.9. The minimum absolute atomic E-state index is 0.206. The summed E-state index contributed by atoms with van der Waals surface area (Å²) in [5.74, 6) is 0.726. The number of anilines is 1. The second-order valence-electron chi connectivity index (χ2n) is 5.85. The van der Waals surface area contributed by atoms with Gasteiger partial charge in [0.05, 0.1) is 0 Å². The van der Waals surface area contributed by atoms with Crippen LogP contribution in [0.3, 0.4) is 0 Å². The zero-order chi connectivity index (χ0) is 15.4. The number of halogens is 2. The van der Waals surface area contributed by atoms with Crippen LogP contribution in [-0.4, -0.2) is 31.8 Å². The summed E-state index contributed by atoms with van der Waals surface area (Å²) < 4.78 is 28.8. The summed E-state index contributed by atoms with van der Waals surface area (Å²) in [6, 6.07) is 7.84. The van der Waals surface area contributed by atoms with E-state index < -0.39 is 6.61 Å². The highest BCUT2D eigenvalue weighted by atomic mass is 19.3. The lowest BCUT2D eigenvalue weighted by Crippen LogP contribution is -2.58. The van der Waals surface area contributed by atoms with Gasteiger partial charge < -0.3 is 15.0 Å². The molecule has 0 amide bonds. The van der Waals surface area contributed by atoms with Crippen LogP contribution in [0.15, 0.2) is 24.3 Å². The van der Waals surface area contributed by atoms with E-state index in [2.05, 4.69) is 35.7 Å². The molecular formula is C16H24F2N2O. The molecule has 1 saturated heterocycles. The molecule has 1 aliphatic rings. The van der Waals surface area contributed by atoms with Crippen molar-refractivity contribution in [3.8, 4) is 5.75 Å². The van der Waals surface area contributed by atoms with E-state index in [-0.39, 0.29) is 5.75 Å². The maximum absolute atomic E-state index is 12.2. The highest BCUT2D eigenvalue weighted by Crippen LogP contribution is 2.26. The molecule has 5 heteroatoms. The molecule has 2 unspecified atom stereocenters. The summed E-state index contributed by atoms with van der Waals surface area (Å²) in [4.78, 5) is 2.38. The van der Waals surface area contributed by atoms with Gasteiger partial charge in [0.25, 0.3) is 0 Å². The van der Waals surface area contributed by atoms with E-state index in [1.165, 1.54) is 0 Å². The first-order valence-corrected chi connectivity index (χ1v) is 7.56. The number of alkyl halides is 2.